The Labute approximate surface area is 160 Å². The van der Waals surface area contributed by atoms with Gasteiger partial charge in [-0.2, -0.15) is 5.10 Å². The van der Waals surface area contributed by atoms with E-state index in [1.165, 1.54) is 42.5 Å². The normalized spacial score (nSPS) is 21.7. The number of hydrogen-bond acceptors (Lipinski definition) is 2. The van der Waals surface area contributed by atoms with Gasteiger partial charge in [-0.25, -0.2) is 4.79 Å². The van der Waals surface area contributed by atoms with Crippen molar-refractivity contribution in [1.82, 2.24) is 20.4 Å². The lowest BCUT2D eigenvalue weighted by atomic mass is 9.93. The maximum Gasteiger partial charge on any atom is 0.315 e. The van der Waals surface area contributed by atoms with Crippen LogP contribution in [-0.2, 0) is 13.0 Å². The summed E-state index contributed by atoms with van der Waals surface area (Å²) in [5.41, 5.74) is 3.73. The highest BCUT2D eigenvalue weighted by Gasteiger charge is 2.42. The van der Waals surface area contributed by atoms with E-state index in [9.17, 15) is 4.79 Å². The van der Waals surface area contributed by atoms with Crippen LogP contribution in [0.1, 0.15) is 61.4 Å². The van der Waals surface area contributed by atoms with Crippen molar-refractivity contribution in [3.05, 3.63) is 53.3 Å². The van der Waals surface area contributed by atoms with E-state index in [0.29, 0.717) is 6.04 Å². The Bertz CT molecular complexity index is 795. The lowest BCUT2D eigenvalue weighted by Gasteiger charge is -2.26. The second kappa shape index (κ2) is 7.02. The third-order valence-electron chi connectivity index (χ3n) is 6.30. The number of nitrogens with one attached hydrogen (secondary N) is 2. The Kier molecular flexibility index (Phi) is 4.38. The number of amides is 2. The van der Waals surface area contributed by atoms with Crippen molar-refractivity contribution < 1.29 is 4.79 Å². The van der Waals surface area contributed by atoms with Gasteiger partial charge in [-0.15, -0.1) is 0 Å². The minimum atomic E-state index is 0.00691. The van der Waals surface area contributed by atoms with Crippen LogP contribution >= 0.6 is 0 Å². The van der Waals surface area contributed by atoms with E-state index in [1.54, 1.807) is 0 Å². The molecule has 1 heterocycles. The number of benzene rings is 1. The maximum absolute atomic E-state index is 12.6. The lowest BCUT2D eigenvalue weighted by molar-refractivity contribution is 0.228. The number of fused-ring (bicyclic) bond motifs is 1. The zero-order chi connectivity index (χ0) is 18.2. The number of aromatic nitrogens is 2. The van der Waals surface area contributed by atoms with E-state index in [4.69, 9.17) is 0 Å². The predicted octanol–water partition coefficient (Wildman–Crippen LogP) is 3.80. The van der Waals surface area contributed by atoms with Crippen molar-refractivity contribution in [2.24, 2.45) is 11.8 Å². The summed E-state index contributed by atoms with van der Waals surface area (Å²) >= 11 is 0. The SMILES string of the molecule is O=C(NC1CCCc2c1cnn2Cc1ccccc1)NC(C1CC1)C1CC1. The summed E-state index contributed by atoms with van der Waals surface area (Å²) in [6, 6.07) is 10.9. The van der Waals surface area contributed by atoms with Gasteiger partial charge in [0.1, 0.15) is 0 Å². The van der Waals surface area contributed by atoms with Crippen LogP contribution in [0.2, 0.25) is 0 Å². The summed E-state index contributed by atoms with van der Waals surface area (Å²) < 4.78 is 2.10. The van der Waals surface area contributed by atoms with Crippen molar-refractivity contribution in [2.75, 3.05) is 0 Å². The van der Waals surface area contributed by atoms with Gasteiger partial charge in [-0.1, -0.05) is 30.3 Å². The van der Waals surface area contributed by atoms with Crippen molar-refractivity contribution >= 4 is 6.03 Å². The first kappa shape index (κ1) is 16.8. The van der Waals surface area contributed by atoms with Gasteiger partial charge in [0.05, 0.1) is 18.8 Å². The Morgan fingerprint density at radius 2 is 1.85 bits per heavy atom. The molecule has 2 N–H and O–H groups in total. The van der Waals surface area contributed by atoms with Gasteiger partial charge in [0.15, 0.2) is 0 Å². The number of hydrogen-bond donors (Lipinski definition) is 2. The summed E-state index contributed by atoms with van der Waals surface area (Å²) in [6.45, 7) is 0.792. The first-order valence-corrected chi connectivity index (χ1v) is 10.4. The fourth-order valence-corrected chi connectivity index (χ4v) is 4.54. The molecule has 1 aromatic heterocycles. The van der Waals surface area contributed by atoms with Gasteiger partial charge in [-0.3, -0.25) is 4.68 Å². The van der Waals surface area contributed by atoms with Crippen molar-refractivity contribution in [3.63, 3.8) is 0 Å². The number of carbonyl (C=O) groups excluding carboxylic acids is 1. The second-order valence-corrected chi connectivity index (χ2v) is 8.45. The highest BCUT2D eigenvalue weighted by Crippen LogP contribution is 2.44. The zero-order valence-corrected chi connectivity index (χ0v) is 15.7. The molecule has 3 aliphatic rings. The molecule has 2 aromatic rings. The highest BCUT2D eigenvalue weighted by atomic mass is 16.2. The Hall–Kier alpha value is -2.30. The third-order valence-corrected chi connectivity index (χ3v) is 6.30. The van der Waals surface area contributed by atoms with Gasteiger partial charge in [0, 0.05) is 17.3 Å². The number of nitrogens with zero attached hydrogens (tertiary/aromatic N) is 2. The standard InChI is InChI=1S/C22H28N4O/c27-22(25-21(16-9-10-16)17-11-12-17)24-19-7-4-8-20-18(19)13-23-26(20)14-15-5-2-1-3-6-15/h1-3,5-6,13,16-17,19,21H,4,7-12,14H2,(H2,24,25,27). The average Bonchev–Trinajstić information content (AvgIpc) is 3.60. The molecule has 2 saturated carbocycles. The quantitative estimate of drug-likeness (QED) is 0.819. The van der Waals surface area contributed by atoms with Crippen LogP contribution in [0.3, 0.4) is 0 Å². The molecule has 0 radical (unpaired) electrons. The van der Waals surface area contributed by atoms with Crippen LogP contribution in [0.4, 0.5) is 4.79 Å². The van der Waals surface area contributed by atoms with Crippen LogP contribution in [0, 0.1) is 11.8 Å². The molecule has 2 fully saturated rings. The van der Waals surface area contributed by atoms with E-state index < -0.39 is 0 Å². The monoisotopic (exact) mass is 364 g/mol. The fraction of sp³-hybridized carbons (Fsp3) is 0.545. The van der Waals surface area contributed by atoms with Crippen molar-refractivity contribution in [2.45, 2.75) is 63.6 Å². The van der Waals surface area contributed by atoms with E-state index in [-0.39, 0.29) is 12.1 Å². The minimum Gasteiger partial charge on any atom is -0.335 e. The maximum atomic E-state index is 12.6. The first-order chi connectivity index (χ1) is 13.3. The molecule has 5 nitrogen and oxygen atoms in total. The second-order valence-electron chi connectivity index (χ2n) is 8.45. The van der Waals surface area contributed by atoms with Crippen LogP contribution in [0.5, 0.6) is 0 Å². The smallest absolute Gasteiger partial charge is 0.315 e. The number of carbonyl (C=O) groups is 1. The van der Waals surface area contributed by atoms with Crippen molar-refractivity contribution in [1.29, 1.82) is 0 Å². The van der Waals surface area contributed by atoms with Gasteiger partial charge in [0.25, 0.3) is 0 Å². The molecule has 5 rings (SSSR count). The Morgan fingerprint density at radius 1 is 1.11 bits per heavy atom. The molecule has 1 unspecified atom stereocenters. The predicted molar refractivity (Wildman–Crippen MR) is 104 cm³/mol. The lowest BCUT2D eigenvalue weighted by Crippen LogP contribution is -2.45. The molecule has 2 amide bonds. The van der Waals surface area contributed by atoms with E-state index in [2.05, 4.69) is 44.7 Å². The molecule has 0 spiro atoms. The highest BCUT2D eigenvalue weighted by molar-refractivity contribution is 5.75. The summed E-state index contributed by atoms with van der Waals surface area (Å²) in [7, 11) is 0. The largest absolute Gasteiger partial charge is 0.335 e. The van der Waals surface area contributed by atoms with Crippen molar-refractivity contribution in [3.8, 4) is 0 Å². The first-order valence-electron chi connectivity index (χ1n) is 10.4. The molecule has 0 aliphatic heterocycles. The number of rotatable bonds is 6. The molecular formula is C22H28N4O. The molecule has 1 atom stereocenters. The van der Waals surface area contributed by atoms with E-state index in [1.807, 2.05) is 12.3 Å². The summed E-state index contributed by atoms with van der Waals surface area (Å²) in [4.78, 5) is 12.6. The topological polar surface area (TPSA) is 59.0 Å². The minimum absolute atomic E-state index is 0.00691. The molecule has 0 saturated heterocycles. The third kappa shape index (κ3) is 3.73. The fourth-order valence-electron chi connectivity index (χ4n) is 4.54. The Balaban J connectivity index is 1.26. The summed E-state index contributed by atoms with van der Waals surface area (Å²) in [6.07, 6.45) is 10.2. The molecule has 0 bridgehead atoms. The summed E-state index contributed by atoms with van der Waals surface area (Å²) in [5.74, 6) is 1.44. The molecular weight excluding hydrogens is 336 g/mol. The van der Waals surface area contributed by atoms with Crippen LogP contribution in [0.15, 0.2) is 36.5 Å². The molecule has 3 aliphatic carbocycles. The van der Waals surface area contributed by atoms with Gasteiger partial charge in [0.2, 0.25) is 0 Å². The van der Waals surface area contributed by atoms with Gasteiger partial charge >= 0.3 is 6.03 Å². The van der Waals surface area contributed by atoms with E-state index in [0.717, 1.165) is 37.6 Å². The Morgan fingerprint density at radius 3 is 2.56 bits per heavy atom. The average molecular weight is 364 g/mol. The molecule has 1 aromatic carbocycles. The van der Waals surface area contributed by atoms with Gasteiger partial charge in [-0.05, 0) is 62.3 Å². The molecule has 142 valence electrons. The zero-order valence-electron chi connectivity index (χ0n) is 15.7. The van der Waals surface area contributed by atoms with Crippen LogP contribution in [0.25, 0.3) is 0 Å². The van der Waals surface area contributed by atoms with Gasteiger partial charge < -0.3 is 10.6 Å². The number of urea groups is 1. The van der Waals surface area contributed by atoms with Crippen LogP contribution < -0.4 is 10.6 Å². The molecule has 27 heavy (non-hydrogen) atoms. The molecule has 5 heteroatoms. The summed E-state index contributed by atoms with van der Waals surface area (Å²) in [5, 5.41) is 11.2. The van der Waals surface area contributed by atoms with Crippen LogP contribution in [-0.4, -0.2) is 21.9 Å². The van der Waals surface area contributed by atoms with E-state index >= 15 is 0 Å².